The highest BCUT2D eigenvalue weighted by molar-refractivity contribution is 7.18. The van der Waals surface area contributed by atoms with Gasteiger partial charge in [0.25, 0.3) is 0 Å². The van der Waals surface area contributed by atoms with Gasteiger partial charge in [-0.05, 0) is 25.1 Å². The van der Waals surface area contributed by atoms with Gasteiger partial charge in [0, 0.05) is 20.1 Å². The van der Waals surface area contributed by atoms with E-state index in [0.717, 1.165) is 38.1 Å². The first-order valence-corrected chi connectivity index (χ1v) is 6.76. The predicted molar refractivity (Wildman–Crippen MR) is 72.7 cm³/mol. The standard InChI is InChI=1S/C13H18N2OS/c1-16-10-9-14-8-4-7-13-15-11-5-2-3-6-12(11)17-13/h2-3,5-6,14H,4,7-10H2,1H3. The maximum atomic E-state index is 4.97. The summed E-state index contributed by atoms with van der Waals surface area (Å²) < 4.78 is 6.26. The Morgan fingerprint density at radius 1 is 1.29 bits per heavy atom. The van der Waals surface area contributed by atoms with E-state index in [-0.39, 0.29) is 0 Å². The first-order valence-electron chi connectivity index (χ1n) is 5.94. The molecule has 2 aromatic rings. The molecular weight excluding hydrogens is 232 g/mol. The highest BCUT2D eigenvalue weighted by Crippen LogP contribution is 2.22. The van der Waals surface area contributed by atoms with Crippen molar-refractivity contribution in [2.24, 2.45) is 0 Å². The third kappa shape index (κ3) is 3.77. The van der Waals surface area contributed by atoms with Crippen LogP contribution in [0.4, 0.5) is 0 Å². The van der Waals surface area contributed by atoms with E-state index < -0.39 is 0 Å². The molecule has 0 amide bonds. The van der Waals surface area contributed by atoms with Crippen LogP contribution in [0, 0.1) is 0 Å². The topological polar surface area (TPSA) is 34.1 Å². The Morgan fingerprint density at radius 2 is 2.18 bits per heavy atom. The third-order valence-corrected chi connectivity index (χ3v) is 3.66. The molecule has 0 saturated carbocycles. The van der Waals surface area contributed by atoms with Crippen LogP contribution in [0.3, 0.4) is 0 Å². The van der Waals surface area contributed by atoms with Crippen molar-refractivity contribution < 1.29 is 4.74 Å². The van der Waals surface area contributed by atoms with E-state index >= 15 is 0 Å². The third-order valence-electron chi connectivity index (χ3n) is 2.57. The summed E-state index contributed by atoms with van der Waals surface area (Å²) in [5.74, 6) is 0. The Labute approximate surface area is 106 Å². The lowest BCUT2D eigenvalue weighted by molar-refractivity contribution is 0.199. The average molecular weight is 250 g/mol. The number of aromatic nitrogens is 1. The quantitative estimate of drug-likeness (QED) is 0.767. The van der Waals surface area contributed by atoms with Crippen LogP contribution in [0.25, 0.3) is 10.2 Å². The summed E-state index contributed by atoms with van der Waals surface area (Å²) in [5.41, 5.74) is 1.12. The van der Waals surface area contributed by atoms with Gasteiger partial charge >= 0.3 is 0 Å². The molecular formula is C13H18N2OS. The normalized spacial score (nSPS) is 11.1. The maximum Gasteiger partial charge on any atom is 0.0939 e. The molecule has 0 atom stereocenters. The van der Waals surface area contributed by atoms with Gasteiger partial charge in [-0.1, -0.05) is 12.1 Å². The Bertz CT molecular complexity index is 422. The number of hydrogen-bond acceptors (Lipinski definition) is 4. The second kappa shape index (κ2) is 6.69. The van der Waals surface area contributed by atoms with E-state index in [1.165, 1.54) is 9.71 Å². The highest BCUT2D eigenvalue weighted by atomic mass is 32.1. The molecule has 0 saturated heterocycles. The fourth-order valence-corrected chi connectivity index (χ4v) is 2.70. The summed E-state index contributed by atoms with van der Waals surface area (Å²) in [6.07, 6.45) is 2.18. The lowest BCUT2D eigenvalue weighted by Crippen LogP contribution is -2.20. The second-order valence-electron chi connectivity index (χ2n) is 3.92. The minimum Gasteiger partial charge on any atom is -0.383 e. The van der Waals surface area contributed by atoms with Gasteiger partial charge in [-0.2, -0.15) is 0 Å². The molecule has 0 fully saturated rings. The van der Waals surface area contributed by atoms with E-state index in [0.29, 0.717) is 0 Å². The molecule has 0 unspecified atom stereocenters. The molecule has 0 spiro atoms. The van der Waals surface area contributed by atoms with Gasteiger partial charge in [-0.25, -0.2) is 4.98 Å². The van der Waals surface area contributed by atoms with Gasteiger partial charge < -0.3 is 10.1 Å². The molecule has 0 bridgehead atoms. The molecule has 1 heterocycles. The fraction of sp³-hybridized carbons (Fsp3) is 0.462. The molecule has 0 aliphatic rings. The van der Waals surface area contributed by atoms with Crippen LogP contribution >= 0.6 is 11.3 Å². The second-order valence-corrected chi connectivity index (χ2v) is 5.04. The van der Waals surface area contributed by atoms with Crippen molar-refractivity contribution in [2.45, 2.75) is 12.8 Å². The Morgan fingerprint density at radius 3 is 3.00 bits per heavy atom. The van der Waals surface area contributed by atoms with Crippen molar-refractivity contribution in [2.75, 3.05) is 26.8 Å². The Balaban J connectivity index is 1.75. The number of thiazole rings is 1. The minimum atomic E-state index is 0.779. The molecule has 4 heteroatoms. The van der Waals surface area contributed by atoms with Crippen molar-refractivity contribution in [3.05, 3.63) is 29.3 Å². The van der Waals surface area contributed by atoms with E-state index in [1.54, 1.807) is 18.4 Å². The molecule has 1 N–H and O–H groups in total. The number of aryl methyl sites for hydroxylation is 1. The summed E-state index contributed by atoms with van der Waals surface area (Å²) in [6.45, 7) is 2.73. The molecule has 0 radical (unpaired) electrons. The zero-order valence-corrected chi connectivity index (χ0v) is 10.9. The lowest BCUT2D eigenvalue weighted by atomic mass is 10.3. The molecule has 0 aliphatic carbocycles. The van der Waals surface area contributed by atoms with Crippen molar-refractivity contribution >= 4 is 21.6 Å². The minimum absolute atomic E-state index is 0.779. The van der Waals surface area contributed by atoms with Crippen LogP contribution in [0.2, 0.25) is 0 Å². The van der Waals surface area contributed by atoms with Crippen LogP contribution in [-0.4, -0.2) is 31.8 Å². The molecule has 17 heavy (non-hydrogen) atoms. The molecule has 3 nitrogen and oxygen atoms in total. The summed E-state index contributed by atoms with van der Waals surface area (Å²) >= 11 is 1.80. The first kappa shape index (κ1) is 12.5. The van der Waals surface area contributed by atoms with Gasteiger partial charge in [-0.15, -0.1) is 11.3 Å². The molecule has 1 aromatic carbocycles. The Kier molecular flexibility index (Phi) is 4.91. The number of nitrogens with one attached hydrogen (secondary N) is 1. The molecule has 1 aromatic heterocycles. The zero-order chi connectivity index (χ0) is 11.9. The van der Waals surface area contributed by atoms with Gasteiger partial charge in [-0.3, -0.25) is 0 Å². The summed E-state index contributed by atoms with van der Waals surface area (Å²) in [6, 6.07) is 8.31. The average Bonchev–Trinajstić information content (AvgIpc) is 2.76. The number of rotatable bonds is 7. The predicted octanol–water partition coefficient (Wildman–Crippen LogP) is 2.46. The number of methoxy groups -OCH3 is 1. The van der Waals surface area contributed by atoms with Gasteiger partial charge in [0.1, 0.15) is 0 Å². The van der Waals surface area contributed by atoms with Crippen molar-refractivity contribution in [3.8, 4) is 0 Å². The number of fused-ring (bicyclic) bond motifs is 1. The highest BCUT2D eigenvalue weighted by Gasteiger charge is 2.02. The van der Waals surface area contributed by atoms with Crippen molar-refractivity contribution in [1.82, 2.24) is 10.3 Å². The van der Waals surface area contributed by atoms with Gasteiger partial charge in [0.05, 0.1) is 21.8 Å². The van der Waals surface area contributed by atoms with Crippen molar-refractivity contribution in [1.29, 1.82) is 0 Å². The summed E-state index contributed by atoms with van der Waals surface area (Å²) in [5, 5.41) is 4.58. The molecule has 2 rings (SSSR count). The molecule has 92 valence electrons. The van der Waals surface area contributed by atoms with E-state index in [4.69, 9.17) is 4.74 Å². The SMILES string of the molecule is COCCNCCCc1nc2ccccc2s1. The van der Waals surface area contributed by atoms with E-state index in [9.17, 15) is 0 Å². The van der Waals surface area contributed by atoms with Crippen LogP contribution in [0.1, 0.15) is 11.4 Å². The number of para-hydroxylation sites is 1. The first-order chi connectivity index (χ1) is 8.40. The Hall–Kier alpha value is -0.970. The number of nitrogens with zero attached hydrogens (tertiary/aromatic N) is 1. The smallest absolute Gasteiger partial charge is 0.0939 e. The van der Waals surface area contributed by atoms with E-state index in [1.807, 2.05) is 6.07 Å². The van der Waals surface area contributed by atoms with Gasteiger partial charge in [0.2, 0.25) is 0 Å². The zero-order valence-electron chi connectivity index (χ0n) is 10.1. The van der Waals surface area contributed by atoms with Crippen molar-refractivity contribution in [3.63, 3.8) is 0 Å². The number of hydrogen-bond donors (Lipinski definition) is 1. The lowest BCUT2D eigenvalue weighted by Gasteiger charge is -2.01. The maximum absolute atomic E-state index is 4.97. The van der Waals surface area contributed by atoms with E-state index in [2.05, 4.69) is 28.5 Å². The van der Waals surface area contributed by atoms with Gasteiger partial charge in [0.15, 0.2) is 0 Å². The number of benzene rings is 1. The fourth-order valence-electron chi connectivity index (χ4n) is 1.69. The number of ether oxygens (including phenoxy) is 1. The van der Waals surface area contributed by atoms with Crippen LogP contribution < -0.4 is 5.32 Å². The largest absolute Gasteiger partial charge is 0.383 e. The summed E-state index contributed by atoms with van der Waals surface area (Å²) in [7, 11) is 1.73. The van der Waals surface area contributed by atoms with Crippen LogP contribution in [0.5, 0.6) is 0 Å². The summed E-state index contributed by atoms with van der Waals surface area (Å²) in [4.78, 5) is 4.61. The molecule has 0 aliphatic heterocycles. The van der Waals surface area contributed by atoms with Crippen LogP contribution in [-0.2, 0) is 11.2 Å². The van der Waals surface area contributed by atoms with Crippen LogP contribution in [0.15, 0.2) is 24.3 Å². The monoisotopic (exact) mass is 250 g/mol.